The zero-order chi connectivity index (χ0) is 13.1. The second-order valence-corrected chi connectivity index (χ2v) is 6.31. The summed E-state index contributed by atoms with van der Waals surface area (Å²) >= 11 is 5.09. The fourth-order valence-corrected chi connectivity index (χ4v) is 3.24. The summed E-state index contributed by atoms with van der Waals surface area (Å²) in [6, 6.07) is 9.90. The smallest absolute Gasteiger partial charge is 0.133 e. The van der Waals surface area contributed by atoms with Crippen molar-refractivity contribution in [1.82, 2.24) is 0 Å². The Morgan fingerprint density at radius 2 is 2.11 bits per heavy atom. The van der Waals surface area contributed by atoms with E-state index in [1.54, 1.807) is 18.4 Å². The lowest BCUT2D eigenvalue weighted by Crippen LogP contribution is -1.99. The van der Waals surface area contributed by atoms with Crippen LogP contribution in [0.1, 0.15) is 21.4 Å². The van der Waals surface area contributed by atoms with Crippen LogP contribution in [-0.4, -0.2) is 12.2 Å². The summed E-state index contributed by atoms with van der Waals surface area (Å²) in [6.45, 7) is 2.05. The van der Waals surface area contributed by atoms with Gasteiger partial charge in [-0.2, -0.15) is 0 Å². The molecule has 0 aliphatic heterocycles. The summed E-state index contributed by atoms with van der Waals surface area (Å²) in [6.07, 6.45) is 0.173. The highest BCUT2D eigenvalue weighted by Crippen LogP contribution is 2.29. The Bertz CT molecular complexity index is 536. The second-order valence-electron chi connectivity index (χ2n) is 4.14. The first kappa shape index (κ1) is 13.6. The number of thiophene rings is 1. The Morgan fingerprint density at radius 1 is 1.33 bits per heavy atom. The van der Waals surface area contributed by atoms with E-state index in [9.17, 15) is 5.11 Å². The maximum Gasteiger partial charge on any atom is 0.133 e. The first-order valence-corrected chi connectivity index (χ1v) is 7.28. The molecule has 0 spiro atoms. The summed E-state index contributed by atoms with van der Waals surface area (Å²) in [4.78, 5) is 2.24. The Kier molecular flexibility index (Phi) is 4.43. The molecule has 1 atom stereocenters. The fourth-order valence-electron chi connectivity index (χ4n) is 1.79. The molecular weight excluding hydrogens is 312 g/mol. The molecule has 0 bridgehead atoms. The third-order valence-electron chi connectivity index (χ3n) is 2.73. The number of ether oxygens (including phenoxy) is 1. The van der Waals surface area contributed by atoms with Gasteiger partial charge in [0.15, 0.2) is 0 Å². The van der Waals surface area contributed by atoms with Gasteiger partial charge in [-0.3, -0.25) is 0 Å². The molecule has 0 aliphatic carbocycles. The molecule has 18 heavy (non-hydrogen) atoms. The Balaban J connectivity index is 2.12. The van der Waals surface area contributed by atoms with Crippen molar-refractivity contribution in [3.05, 3.63) is 50.1 Å². The summed E-state index contributed by atoms with van der Waals surface area (Å²) in [5.41, 5.74) is 1.08. The molecule has 0 amide bonds. The maximum atomic E-state index is 10.2. The molecule has 4 heteroatoms. The van der Waals surface area contributed by atoms with E-state index in [0.717, 1.165) is 20.7 Å². The lowest BCUT2D eigenvalue weighted by atomic mass is 10.1. The largest absolute Gasteiger partial charge is 0.496 e. The van der Waals surface area contributed by atoms with Crippen molar-refractivity contribution in [2.75, 3.05) is 7.11 Å². The van der Waals surface area contributed by atoms with Crippen molar-refractivity contribution in [3.63, 3.8) is 0 Å². The molecule has 0 aliphatic rings. The highest BCUT2D eigenvalue weighted by Gasteiger charge is 2.11. The molecule has 0 fully saturated rings. The van der Waals surface area contributed by atoms with Crippen LogP contribution >= 0.6 is 27.3 Å². The summed E-state index contributed by atoms with van der Waals surface area (Å²) in [7, 11) is 1.64. The highest BCUT2D eigenvalue weighted by atomic mass is 79.9. The lowest BCUT2D eigenvalue weighted by Gasteiger charge is -2.10. The number of aliphatic hydroxyl groups excluding tert-OH is 1. The van der Waals surface area contributed by atoms with E-state index >= 15 is 0 Å². The minimum atomic E-state index is -0.441. The molecule has 1 aromatic carbocycles. The van der Waals surface area contributed by atoms with Crippen LogP contribution < -0.4 is 4.74 Å². The van der Waals surface area contributed by atoms with Gasteiger partial charge in [-0.05, 0) is 52.7 Å². The number of hydrogen-bond donors (Lipinski definition) is 1. The number of aryl methyl sites for hydroxylation is 1. The van der Waals surface area contributed by atoms with Crippen molar-refractivity contribution >= 4 is 27.3 Å². The number of halogens is 1. The first-order valence-electron chi connectivity index (χ1n) is 5.67. The fraction of sp³-hybridized carbons (Fsp3) is 0.286. The van der Waals surface area contributed by atoms with Gasteiger partial charge < -0.3 is 9.84 Å². The third kappa shape index (κ3) is 3.13. The summed E-state index contributed by atoms with van der Waals surface area (Å²) in [5, 5.41) is 10.2. The number of hydrogen-bond acceptors (Lipinski definition) is 3. The van der Waals surface area contributed by atoms with Crippen LogP contribution in [0.4, 0.5) is 0 Å². The van der Waals surface area contributed by atoms with Crippen molar-refractivity contribution in [2.24, 2.45) is 0 Å². The van der Waals surface area contributed by atoms with Gasteiger partial charge in [0, 0.05) is 16.2 Å². The average molecular weight is 327 g/mol. The molecular formula is C14H15BrO2S. The van der Waals surface area contributed by atoms with Gasteiger partial charge in [-0.1, -0.05) is 6.07 Å². The summed E-state index contributed by atoms with van der Waals surface area (Å²) < 4.78 is 6.10. The average Bonchev–Trinajstić information content (AvgIpc) is 2.76. The van der Waals surface area contributed by atoms with E-state index in [0.29, 0.717) is 6.42 Å². The monoisotopic (exact) mass is 326 g/mol. The molecule has 0 saturated carbocycles. The van der Waals surface area contributed by atoms with Crippen LogP contribution in [0.2, 0.25) is 0 Å². The van der Waals surface area contributed by atoms with Crippen molar-refractivity contribution in [3.8, 4) is 5.75 Å². The van der Waals surface area contributed by atoms with Crippen molar-refractivity contribution in [1.29, 1.82) is 0 Å². The predicted molar refractivity (Wildman–Crippen MR) is 78.4 cm³/mol. The topological polar surface area (TPSA) is 29.5 Å². The van der Waals surface area contributed by atoms with Crippen molar-refractivity contribution in [2.45, 2.75) is 19.4 Å². The molecule has 1 heterocycles. The van der Waals surface area contributed by atoms with E-state index in [4.69, 9.17) is 4.74 Å². The zero-order valence-corrected chi connectivity index (χ0v) is 12.7. The van der Waals surface area contributed by atoms with Gasteiger partial charge in [0.25, 0.3) is 0 Å². The highest BCUT2D eigenvalue weighted by molar-refractivity contribution is 9.10. The number of aliphatic hydroxyl groups is 1. The Morgan fingerprint density at radius 3 is 2.67 bits per heavy atom. The van der Waals surface area contributed by atoms with Crippen LogP contribution in [0, 0.1) is 6.92 Å². The van der Waals surface area contributed by atoms with Gasteiger partial charge in [-0.15, -0.1) is 11.3 Å². The van der Waals surface area contributed by atoms with Crippen LogP contribution in [0.5, 0.6) is 5.75 Å². The standard InChI is InChI=1S/C14H15BrO2S/c1-9-3-6-14(18-9)12(16)8-10-4-5-13(17-2)11(15)7-10/h3-7,12,16H,8H2,1-2H3. The molecule has 0 radical (unpaired) electrons. The third-order valence-corrected chi connectivity index (χ3v) is 4.46. The van der Waals surface area contributed by atoms with Crippen LogP contribution in [-0.2, 0) is 6.42 Å². The van der Waals surface area contributed by atoms with Gasteiger partial charge in [-0.25, -0.2) is 0 Å². The molecule has 1 N–H and O–H groups in total. The van der Waals surface area contributed by atoms with Gasteiger partial charge >= 0.3 is 0 Å². The van der Waals surface area contributed by atoms with Crippen LogP contribution in [0.15, 0.2) is 34.8 Å². The molecule has 96 valence electrons. The minimum Gasteiger partial charge on any atom is -0.496 e. The van der Waals surface area contributed by atoms with Crippen LogP contribution in [0.25, 0.3) is 0 Å². The van der Waals surface area contributed by atoms with Gasteiger partial charge in [0.05, 0.1) is 17.7 Å². The number of benzene rings is 1. The number of rotatable bonds is 4. The minimum absolute atomic E-state index is 0.441. The van der Waals surface area contributed by atoms with Gasteiger partial charge in [0.2, 0.25) is 0 Å². The first-order chi connectivity index (χ1) is 8.60. The van der Waals surface area contributed by atoms with E-state index in [2.05, 4.69) is 15.9 Å². The second kappa shape index (κ2) is 5.87. The Labute approximate surface area is 119 Å². The van der Waals surface area contributed by atoms with E-state index in [1.165, 1.54) is 4.88 Å². The van der Waals surface area contributed by atoms with E-state index in [1.807, 2.05) is 37.3 Å². The predicted octanol–water partition coefficient (Wildman–Crippen LogP) is 4.10. The summed E-state index contributed by atoms with van der Waals surface area (Å²) in [5.74, 6) is 0.806. The maximum absolute atomic E-state index is 10.2. The molecule has 1 unspecified atom stereocenters. The molecule has 0 saturated heterocycles. The normalized spacial score (nSPS) is 12.4. The molecule has 2 aromatic rings. The Hall–Kier alpha value is -0.840. The number of methoxy groups -OCH3 is 1. The van der Waals surface area contributed by atoms with Gasteiger partial charge in [0.1, 0.15) is 5.75 Å². The lowest BCUT2D eigenvalue weighted by molar-refractivity contribution is 0.182. The molecule has 2 nitrogen and oxygen atoms in total. The van der Waals surface area contributed by atoms with Crippen LogP contribution in [0.3, 0.4) is 0 Å². The SMILES string of the molecule is COc1ccc(CC(O)c2ccc(C)s2)cc1Br. The quantitative estimate of drug-likeness (QED) is 0.916. The van der Waals surface area contributed by atoms with E-state index in [-0.39, 0.29) is 0 Å². The van der Waals surface area contributed by atoms with Crippen molar-refractivity contribution < 1.29 is 9.84 Å². The van der Waals surface area contributed by atoms with E-state index < -0.39 is 6.10 Å². The zero-order valence-electron chi connectivity index (χ0n) is 10.3. The molecule has 2 rings (SSSR count). The molecule has 1 aromatic heterocycles.